The molecular weight excluding hydrogens is 372 g/mol. The summed E-state index contributed by atoms with van der Waals surface area (Å²) in [5.74, 6) is 0. The first kappa shape index (κ1) is 26.2. The van der Waals surface area contributed by atoms with E-state index in [1.165, 1.54) is 69.8 Å². The zero-order valence-corrected chi connectivity index (χ0v) is 19.4. The molecule has 170 valence electrons. The van der Waals surface area contributed by atoms with Crippen LogP contribution in [0.1, 0.15) is 121 Å². The molecule has 0 bridgehead atoms. The fourth-order valence-corrected chi connectivity index (χ4v) is 3.86. The van der Waals surface area contributed by atoms with Crippen molar-refractivity contribution in [3.05, 3.63) is 35.4 Å². The van der Waals surface area contributed by atoms with Crippen LogP contribution in [0.5, 0.6) is 0 Å². The third-order valence-electron chi connectivity index (χ3n) is 5.81. The van der Waals surface area contributed by atoms with E-state index in [2.05, 4.69) is 36.3 Å². The molecule has 0 radical (unpaired) electrons. The minimum atomic E-state index is 0.375. The first-order valence-corrected chi connectivity index (χ1v) is 12.3. The van der Waals surface area contributed by atoms with Gasteiger partial charge in [0.15, 0.2) is 0 Å². The van der Waals surface area contributed by atoms with Gasteiger partial charge in [0.1, 0.15) is 11.4 Å². The molecule has 1 aromatic rings. The lowest BCUT2D eigenvalue weighted by molar-refractivity contribution is 0.313. The van der Waals surface area contributed by atoms with E-state index in [1.54, 1.807) is 0 Å². The number of hydrogen-bond acceptors (Lipinski definition) is 4. The smallest absolute Gasteiger partial charge is 0.134 e. The Hall–Kier alpha value is -1.84. The second-order valence-electron chi connectivity index (χ2n) is 8.43. The van der Waals surface area contributed by atoms with Gasteiger partial charge in [-0.3, -0.25) is 0 Å². The van der Waals surface area contributed by atoms with Gasteiger partial charge >= 0.3 is 0 Å². The van der Waals surface area contributed by atoms with Crippen LogP contribution in [0.4, 0.5) is 0 Å². The van der Waals surface area contributed by atoms with Crippen molar-refractivity contribution in [1.82, 2.24) is 0 Å². The monoisotopic (exact) mass is 416 g/mol. The van der Waals surface area contributed by atoms with Gasteiger partial charge in [0.25, 0.3) is 0 Å². The molecule has 0 fully saturated rings. The van der Waals surface area contributed by atoms with Crippen LogP contribution >= 0.6 is 0 Å². The van der Waals surface area contributed by atoms with E-state index in [1.807, 2.05) is 12.1 Å². The quantitative estimate of drug-likeness (QED) is 0.110. The average Bonchev–Trinajstić information content (AvgIpc) is 2.78. The van der Waals surface area contributed by atoms with Crippen molar-refractivity contribution in [3.8, 4) is 0 Å². The summed E-state index contributed by atoms with van der Waals surface area (Å²) in [5.41, 5.74) is 2.93. The maximum atomic E-state index is 9.45. The van der Waals surface area contributed by atoms with Crippen molar-refractivity contribution in [3.63, 3.8) is 0 Å². The van der Waals surface area contributed by atoms with Crippen LogP contribution in [-0.4, -0.2) is 21.8 Å². The van der Waals surface area contributed by atoms with Gasteiger partial charge in [-0.1, -0.05) is 125 Å². The molecule has 0 amide bonds. The Morgan fingerprint density at radius 2 is 1.13 bits per heavy atom. The number of rotatable bonds is 18. The minimum absolute atomic E-state index is 0.375. The maximum absolute atomic E-state index is 9.45. The van der Waals surface area contributed by atoms with Gasteiger partial charge in [0, 0.05) is 5.56 Å². The van der Waals surface area contributed by atoms with Gasteiger partial charge in [0.2, 0.25) is 0 Å². The van der Waals surface area contributed by atoms with Gasteiger partial charge in [-0.25, -0.2) is 0 Å². The SMILES string of the molecule is CCCCCCCCCCCCc1ccc(C(=N/O)/C(CCCCCC)=N/O)cc1. The summed E-state index contributed by atoms with van der Waals surface area (Å²) in [6.07, 6.45) is 19.6. The second-order valence-corrected chi connectivity index (χ2v) is 8.43. The summed E-state index contributed by atoms with van der Waals surface area (Å²) >= 11 is 0. The number of unbranched alkanes of at least 4 members (excludes halogenated alkanes) is 12. The van der Waals surface area contributed by atoms with Crippen molar-refractivity contribution in [2.24, 2.45) is 10.3 Å². The second kappa shape index (κ2) is 18.0. The third-order valence-corrected chi connectivity index (χ3v) is 5.81. The van der Waals surface area contributed by atoms with Gasteiger partial charge in [0.05, 0.1) is 0 Å². The molecule has 0 aliphatic carbocycles. The lowest BCUT2D eigenvalue weighted by Gasteiger charge is -2.08. The number of hydrogen-bond donors (Lipinski definition) is 2. The molecule has 4 nitrogen and oxygen atoms in total. The van der Waals surface area contributed by atoms with Gasteiger partial charge < -0.3 is 10.4 Å². The molecule has 0 saturated carbocycles. The summed E-state index contributed by atoms with van der Waals surface area (Å²) in [4.78, 5) is 0. The Kier molecular flexibility index (Phi) is 15.7. The molecule has 4 heteroatoms. The molecular formula is C26H44N2O2. The Labute approximate surface area is 184 Å². The lowest BCUT2D eigenvalue weighted by atomic mass is 9.98. The first-order chi connectivity index (χ1) is 14.8. The van der Waals surface area contributed by atoms with E-state index in [0.717, 1.165) is 37.7 Å². The van der Waals surface area contributed by atoms with E-state index < -0.39 is 0 Å². The average molecular weight is 417 g/mol. The van der Waals surface area contributed by atoms with Crippen LogP contribution in [0, 0.1) is 0 Å². The van der Waals surface area contributed by atoms with Crippen LogP contribution in [0.15, 0.2) is 34.6 Å². The molecule has 0 aromatic heterocycles. The molecule has 0 aliphatic heterocycles. The van der Waals surface area contributed by atoms with Crippen LogP contribution in [-0.2, 0) is 6.42 Å². The zero-order chi connectivity index (χ0) is 21.9. The predicted molar refractivity (Wildman–Crippen MR) is 128 cm³/mol. The van der Waals surface area contributed by atoms with E-state index in [9.17, 15) is 10.4 Å². The van der Waals surface area contributed by atoms with E-state index in [-0.39, 0.29) is 0 Å². The minimum Gasteiger partial charge on any atom is -0.411 e. The van der Waals surface area contributed by atoms with Crippen molar-refractivity contribution in [1.29, 1.82) is 0 Å². The van der Waals surface area contributed by atoms with E-state index in [4.69, 9.17) is 0 Å². The highest BCUT2D eigenvalue weighted by Gasteiger charge is 2.13. The summed E-state index contributed by atoms with van der Waals surface area (Å²) in [6, 6.07) is 8.14. The Morgan fingerprint density at radius 3 is 1.63 bits per heavy atom. The molecule has 1 aromatic carbocycles. The van der Waals surface area contributed by atoms with Gasteiger partial charge in [-0.05, 0) is 31.2 Å². The van der Waals surface area contributed by atoms with Crippen molar-refractivity contribution in [2.75, 3.05) is 0 Å². The van der Waals surface area contributed by atoms with Gasteiger partial charge in [-0.15, -0.1) is 0 Å². The summed E-state index contributed by atoms with van der Waals surface area (Å²) in [6.45, 7) is 4.43. The summed E-state index contributed by atoms with van der Waals surface area (Å²) in [5, 5.41) is 25.6. The molecule has 0 aliphatic rings. The highest BCUT2D eigenvalue weighted by atomic mass is 16.4. The molecule has 0 unspecified atom stereocenters. The van der Waals surface area contributed by atoms with Crippen molar-refractivity contribution >= 4 is 11.4 Å². The number of benzene rings is 1. The predicted octanol–water partition coefficient (Wildman–Crippen LogP) is 8.13. The molecule has 0 spiro atoms. The fourth-order valence-electron chi connectivity index (χ4n) is 3.86. The molecule has 1 rings (SSSR count). The first-order valence-electron chi connectivity index (χ1n) is 12.3. The summed E-state index contributed by atoms with van der Waals surface area (Å²) < 4.78 is 0. The zero-order valence-electron chi connectivity index (χ0n) is 19.4. The van der Waals surface area contributed by atoms with E-state index >= 15 is 0 Å². The lowest BCUT2D eigenvalue weighted by Crippen LogP contribution is -2.16. The Bertz CT molecular complexity index is 594. The van der Waals surface area contributed by atoms with Crippen molar-refractivity contribution < 1.29 is 10.4 Å². The Morgan fingerprint density at radius 1 is 0.633 bits per heavy atom. The number of oxime groups is 2. The molecule has 0 saturated heterocycles. The van der Waals surface area contributed by atoms with Crippen molar-refractivity contribution in [2.45, 2.75) is 117 Å². The standard InChI is InChI=1S/C26H44N2O2/c1-3-5-7-9-10-11-12-13-14-15-17-23-19-21-24(22-20-23)26(28-30)25(27-29)18-16-8-6-4-2/h19-22,29-30H,3-18H2,1-2H3/b27-25+,28-26-. The van der Waals surface area contributed by atoms with E-state index in [0.29, 0.717) is 17.8 Å². The number of aryl methyl sites for hydroxylation is 1. The van der Waals surface area contributed by atoms with Crippen LogP contribution < -0.4 is 0 Å². The topological polar surface area (TPSA) is 65.2 Å². The molecule has 0 atom stereocenters. The van der Waals surface area contributed by atoms with Crippen LogP contribution in [0.25, 0.3) is 0 Å². The van der Waals surface area contributed by atoms with Gasteiger partial charge in [-0.2, -0.15) is 0 Å². The fraction of sp³-hybridized carbons (Fsp3) is 0.692. The molecule has 30 heavy (non-hydrogen) atoms. The third kappa shape index (κ3) is 11.4. The maximum Gasteiger partial charge on any atom is 0.134 e. The van der Waals surface area contributed by atoms with Crippen LogP contribution in [0.2, 0.25) is 0 Å². The number of nitrogens with zero attached hydrogens (tertiary/aromatic N) is 2. The molecule has 2 N–H and O–H groups in total. The summed E-state index contributed by atoms with van der Waals surface area (Å²) in [7, 11) is 0. The largest absolute Gasteiger partial charge is 0.411 e. The van der Waals surface area contributed by atoms with Crippen LogP contribution in [0.3, 0.4) is 0 Å². The molecule has 0 heterocycles. The normalized spacial score (nSPS) is 12.5. The highest BCUT2D eigenvalue weighted by Crippen LogP contribution is 2.15. The highest BCUT2D eigenvalue weighted by molar-refractivity contribution is 6.48. The Balaban J connectivity index is 2.32.